The van der Waals surface area contributed by atoms with Gasteiger partial charge in [-0.15, -0.1) is 11.8 Å². The highest BCUT2D eigenvalue weighted by molar-refractivity contribution is 7.98. The second-order valence-electron chi connectivity index (χ2n) is 3.83. The second-order valence-corrected chi connectivity index (χ2v) is 4.68. The van der Waals surface area contributed by atoms with Crippen molar-refractivity contribution in [2.24, 2.45) is 0 Å². The summed E-state index contributed by atoms with van der Waals surface area (Å²) in [4.78, 5) is 14.8. The Hall–Kier alpha value is -1.47. The molecule has 4 heteroatoms. The zero-order chi connectivity index (χ0) is 12.8. The molecule has 0 N–H and O–H groups in total. The summed E-state index contributed by atoms with van der Waals surface area (Å²) in [7, 11) is 1.74. The van der Waals surface area contributed by atoms with Gasteiger partial charge < -0.3 is 4.90 Å². The zero-order valence-electron chi connectivity index (χ0n) is 10.3. The van der Waals surface area contributed by atoms with E-state index in [4.69, 9.17) is 5.26 Å². The van der Waals surface area contributed by atoms with Crippen molar-refractivity contribution in [3.63, 3.8) is 0 Å². The van der Waals surface area contributed by atoms with Crippen LogP contribution < -0.4 is 0 Å². The molecule has 0 saturated heterocycles. The fourth-order valence-corrected chi connectivity index (χ4v) is 2.07. The van der Waals surface area contributed by atoms with Crippen LogP contribution in [0.5, 0.6) is 0 Å². The van der Waals surface area contributed by atoms with Gasteiger partial charge in [0.1, 0.15) is 0 Å². The van der Waals surface area contributed by atoms with Gasteiger partial charge in [0.15, 0.2) is 0 Å². The predicted molar refractivity (Wildman–Crippen MR) is 70.0 cm³/mol. The van der Waals surface area contributed by atoms with Crippen LogP contribution in [0.2, 0.25) is 0 Å². The van der Waals surface area contributed by atoms with Crippen LogP contribution >= 0.6 is 11.8 Å². The van der Waals surface area contributed by atoms with Crippen LogP contribution in [-0.2, 0) is 0 Å². The molecular weight excluding hydrogens is 232 g/mol. The van der Waals surface area contributed by atoms with Crippen molar-refractivity contribution in [3.05, 3.63) is 29.8 Å². The van der Waals surface area contributed by atoms with Crippen molar-refractivity contribution in [1.82, 2.24) is 4.90 Å². The van der Waals surface area contributed by atoms with Gasteiger partial charge in [0.05, 0.1) is 18.1 Å². The van der Waals surface area contributed by atoms with E-state index in [1.165, 1.54) is 0 Å². The third-order valence-electron chi connectivity index (χ3n) is 2.71. The monoisotopic (exact) mass is 248 g/mol. The number of hydrogen-bond acceptors (Lipinski definition) is 3. The van der Waals surface area contributed by atoms with Crippen molar-refractivity contribution >= 4 is 17.7 Å². The van der Waals surface area contributed by atoms with E-state index in [1.807, 2.05) is 37.4 Å². The molecular formula is C13H16N2OS. The summed E-state index contributed by atoms with van der Waals surface area (Å²) in [6.07, 6.45) is 2.30. The van der Waals surface area contributed by atoms with Gasteiger partial charge in [-0.2, -0.15) is 5.26 Å². The molecule has 17 heavy (non-hydrogen) atoms. The molecule has 0 fully saturated rings. The molecule has 0 radical (unpaired) electrons. The summed E-state index contributed by atoms with van der Waals surface area (Å²) < 4.78 is 0. The highest BCUT2D eigenvalue weighted by Crippen LogP contribution is 2.21. The quantitative estimate of drug-likeness (QED) is 0.770. The molecule has 1 atom stereocenters. The third-order valence-corrected chi connectivity index (χ3v) is 3.50. The number of nitriles is 1. The summed E-state index contributed by atoms with van der Waals surface area (Å²) in [6, 6.07) is 9.55. The van der Waals surface area contributed by atoms with Crippen molar-refractivity contribution < 1.29 is 4.79 Å². The lowest BCUT2D eigenvalue weighted by Crippen LogP contribution is -2.35. The molecule has 0 heterocycles. The van der Waals surface area contributed by atoms with E-state index in [9.17, 15) is 4.79 Å². The van der Waals surface area contributed by atoms with Crippen LogP contribution in [0.4, 0.5) is 0 Å². The van der Waals surface area contributed by atoms with Crippen LogP contribution in [0.25, 0.3) is 0 Å². The van der Waals surface area contributed by atoms with Gasteiger partial charge >= 0.3 is 0 Å². The second kappa shape index (κ2) is 6.31. The summed E-state index contributed by atoms with van der Waals surface area (Å²) in [5, 5.41) is 8.65. The van der Waals surface area contributed by atoms with E-state index in [2.05, 4.69) is 6.07 Å². The molecule has 0 aliphatic carbocycles. The highest BCUT2D eigenvalue weighted by Gasteiger charge is 2.19. The number of nitrogens with zero attached hydrogens (tertiary/aromatic N) is 2. The Labute approximate surface area is 106 Å². The molecule has 0 bridgehead atoms. The SMILES string of the molecule is CSc1ccccc1C(=O)N(C)C(C)CC#N. The average molecular weight is 248 g/mol. The lowest BCUT2D eigenvalue weighted by molar-refractivity contribution is 0.0743. The Bertz CT molecular complexity index is 439. The number of carbonyl (C=O) groups is 1. The average Bonchev–Trinajstić information content (AvgIpc) is 2.37. The largest absolute Gasteiger partial charge is 0.338 e. The van der Waals surface area contributed by atoms with Crippen LogP contribution in [-0.4, -0.2) is 30.2 Å². The zero-order valence-corrected chi connectivity index (χ0v) is 11.1. The van der Waals surface area contributed by atoms with E-state index in [0.717, 1.165) is 4.90 Å². The molecule has 1 aromatic rings. The van der Waals surface area contributed by atoms with E-state index in [1.54, 1.807) is 23.7 Å². The van der Waals surface area contributed by atoms with Gasteiger partial charge in [-0.05, 0) is 25.3 Å². The van der Waals surface area contributed by atoms with Crippen LogP contribution in [0.15, 0.2) is 29.2 Å². The predicted octanol–water partition coefficient (Wildman–Crippen LogP) is 2.78. The molecule has 3 nitrogen and oxygen atoms in total. The first-order valence-electron chi connectivity index (χ1n) is 5.39. The maximum absolute atomic E-state index is 12.2. The Balaban J connectivity index is 2.93. The molecule has 0 saturated carbocycles. The van der Waals surface area contributed by atoms with Crippen molar-refractivity contribution in [2.45, 2.75) is 24.3 Å². The topological polar surface area (TPSA) is 44.1 Å². The van der Waals surface area contributed by atoms with Gasteiger partial charge in [-0.3, -0.25) is 4.79 Å². The first-order valence-corrected chi connectivity index (χ1v) is 6.61. The smallest absolute Gasteiger partial charge is 0.255 e. The molecule has 1 amide bonds. The Kier molecular flexibility index (Phi) is 5.05. The van der Waals surface area contributed by atoms with Crippen molar-refractivity contribution in [1.29, 1.82) is 5.26 Å². The third kappa shape index (κ3) is 3.24. The van der Waals surface area contributed by atoms with Crippen molar-refractivity contribution in [3.8, 4) is 6.07 Å². The number of thioether (sulfide) groups is 1. The van der Waals surface area contributed by atoms with Gasteiger partial charge in [0.2, 0.25) is 0 Å². The number of carbonyl (C=O) groups excluding carboxylic acids is 1. The molecule has 0 spiro atoms. The molecule has 1 aromatic carbocycles. The molecule has 1 rings (SSSR count). The summed E-state index contributed by atoms with van der Waals surface area (Å²) in [5.41, 5.74) is 0.701. The maximum Gasteiger partial charge on any atom is 0.255 e. The Morgan fingerprint density at radius 1 is 1.53 bits per heavy atom. The number of hydrogen-bond donors (Lipinski definition) is 0. The van der Waals surface area contributed by atoms with E-state index in [-0.39, 0.29) is 11.9 Å². The summed E-state index contributed by atoms with van der Waals surface area (Å²) in [5.74, 6) is -0.0299. The lowest BCUT2D eigenvalue weighted by Gasteiger charge is -2.23. The molecule has 0 aliphatic heterocycles. The lowest BCUT2D eigenvalue weighted by atomic mass is 10.1. The minimum absolute atomic E-state index is 0.0299. The number of amides is 1. The van der Waals surface area contributed by atoms with Gasteiger partial charge in [-0.25, -0.2) is 0 Å². The highest BCUT2D eigenvalue weighted by atomic mass is 32.2. The number of rotatable bonds is 4. The molecule has 0 aliphatic rings. The molecule has 90 valence electrons. The van der Waals surface area contributed by atoms with E-state index < -0.39 is 0 Å². The first-order chi connectivity index (χ1) is 8.11. The van der Waals surface area contributed by atoms with Gasteiger partial charge in [-0.1, -0.05) is 12.1 Å². The van der Waals surface area contributed by atoms with Gasteiger partial charge in [0.25, 0.3) is 5.91 Å². The van der Waals surface area contributed by atoms with Gasteiger partial charge in [0, 0.05) is 18.0 Å². The fourth-order valence-electron chi connectivity index (χ4n) is 1.48. The fraction of sp³-hybridized carbons (Fsp3) is 0.385. The van der Waals surface area contributed by atoms with Crippen LogP contribution in [0, 0.1) is 11.3 Å². The van der Waals surface area contributed by atoms with E-state index >= 15 is 0 Å². The molecule has 1 unspecified atom stereocenters. The van der Waals surface area contributed by atoms with Crippen LogP contribution in [0.3, 0.4) is 0 Å². The Morgan fingerprint density at radius 2 is 2.18 bits per heavy atom. The first kappa shape index (κ1) is 13.6. The summed E-state index contributed by atoms with van der Waals surface area (Å²) in [6.45, 7) is 1.88. The number of benzene rings is 1. The van der Waals surface area contributed by atoms with E-state index in [0.29, 0.717) is 12.0 Å². The van der Waals surface area contributed by atoms with Crippen molar-refractivity contribution in [2.75, 3.05) is 13.3 Å². The minimum atomic E-state index is -0.0672. The standard InChI is InChI=1S/C13H16N2OS/c1-10(8-9-14)15(2)13(16)11-6-4-5-7-12(11)17-3/h4-7,10H,8H2,1-3H3. The van der Waals surface area contributed by atoms with Crippen LogP contribution in [0.1, 0.15) is 23.7 Å². The Morgan fingerprint density at radius 3 is 2.76 bits per heavy atom. The molecule has 0 aromatic heterocycles. The maximum atomic E-state index is 12.2. The normalized spacial score (nSPS) is 11.6. The minimum Gasteiger partial charge on any atom is -0.338 e. The summed E-state index contributed by atoms with van der Waals surface area (Å²) >= 11 is 1.55.